The summed E-state index contributed by atoms with van der Waals surface area (Å²) in [6, 6.07) is 1.13. The Morgan fingerprint density at radius 1 is 1.30 bits per heavy atom. The van der Waals surface area contributed by atoms with Crippen LogP contribution in [0.3, 0.4) is 0 Å². The molecular weight excluding hydrogens is 392 g/mol. The zero-order valence-electron chi connectivity index (χ0n) is 16.8. The highest BCUT2D eigenvalue weighted by atomic mass is 16.6. The Balaban J connectivity index is 1.40. The molecule has 10 nitrogen and oxygen atoms in total. The van der Waals surface area contributed by atoms with E-state index in [1.54, 1.807) is 4.90 Å². The number of rotatable bonds is 4. The fourth-order valence-corrected chi connectivity index (χ4v) is 3.82. The largest absolute Gasteiger partial charge is 0.446 e. The number of aromatic amines is 1. The summed E-state index contributed by atoms with van der Waals surface area (Å²) >= 11 is 0. The van der Waals surface area contributed by atoms with Crippen LogP contribution in [-0.4, -0.2) is 45.9 Å². The lowest BCUT2D eigenvalue weighted by atomic mass is 10.1. The van der Waals surface area contributed by atoms with E-state index >= 15 is 0 Å². The van der Waals surface area contributed by atoms with Crippen LogP contribution in [0, 0.1) is 0 Å². The van der Waals surface area contributed by atoms with Gasteiger partial charge in [-0.25, -0.2) is 9.59 Å². The highest BCUT2D eigenvalue weighted by Gasteiger charge is 2.26. The molecule has 1 N–H and O–H groups in total. The number of fused-ring (bicyclic) bond motifs is 1. The maximum atomic E-state index is 12.4. The molecule has 4 rings (SSSR count). The summed E-state index contributed by atoms with van der Waals surface area (Å²) in [6.45, 7) is 2.81. The van der Waals surface area contributed by atoms with E-state index in [1.165, 1.54) is 6.07 Å². The van der Waals surface area contributed by atoms with Crippen LogP contribution in [0.25, 0.3) is 11.1 Å². The summed E-state index contributed by atoms with van der Waals surface area (Å²) < 4.78 is 10.6. The number of amides is 1. The number of hydrogen-bond acceptors (Lipinski definition) is 8. The van der Waals surface area contributed by atoms with Crippen molar-refractivity contribution in [2.45, 2.75) is 58.0 Å². The molecule has 0 bridgehead atoms. The second-order valence-electron chi connectivity index (χ2n) is 7.52. The number of aromatic nitrogens is 2. The SMILES string of the molecule is CCc1cc(=O)oc2nc(ON=C3CCN(C(=O)OC4CCCC4)CC3)[nH]c(=O)c12. The van der Waals surface area contributed by atoms with Gasteiger partial charge in [0.1, 0.15) is 11.5 Å². The number of carbonyl (C=O) groups is 1. The van der Waals surface area contributed by atoms with E-state index < -0.39 is 11.2 Å². The topological polar surface area (TPSA) is 127 Å². The molecule has 2 fully saturated rings. The Kier molecular flexibility index (Phi) is 5.82. The molecule has 0 unspecified atom stereocenters. The predicted octanol–water partition coefficient (Wildman–Crippen LogP) is 2.35. The number of piperidine rings is 1. The molecule has 10 heteroatoms. The predicted molar refractivity (Wildman–Crippen MR) is 108 cm³/mol. The van der Waals surface area contributed by atoms with Gasteiger partial charge >= 0.3 is 17.7 Å². The van der Waals surface area contributed by atoms with Crippen molar-refractivity contribution in [1.82, 2.24) is 14.9 Å². The van der Waals surface area contributed by atoms with E-state index in [0.29, 0.717) is 37.9 Å². The molecule has 30 heavy (non-hydrogen) atoms. The molecule has 2 aliphatic rings. The van der Waals surface area contributed by atoms with E-state index in [-0.39, 0.29) is 29.3 Å². The average molecular weight is 416 g/mol. The molecule has 1 aliphatic carbocycles. The van der Waals surface area contributed by atoms with Crippen LogP contribution in [0.5, 0.6) is 6.01 Å². The Morgan fingerprint density at radius 3 is 2.73 bits per heavy atom. The van der Waals surface area contributed by atoms with Crippen LogP contribution in [0.15, 0.2) is 25.2 Å². The zero-order chi connectivity index (χ0) is 21.1. The minimum atomic E-state index is -0.577. The highest BCUT2D eigenvalue weighted by molar-refractivity contribution is 5.86. The van der Waals surface area contributed by atoms with Gasteiger partial charge in [0.2, 0.25) is 5.71 Å². The molecular formula is C20H24N4O6. The van der Waals surface area contributed by atoms with Gasteiger partial charge in [-0.1, -0.05) is 12.1 Å². The van der Waals surface area contributed by atoms with Crippen molar-refractivity contribution in [3.63, 3.8) is 0 Å². The molecule has 2 aromatic rings. The fraction of sp³-hybridized carbons (Fsp3) is 0.550. The van der Waals surface area contributed by atoms with Crippen molar-refractivity contribution in [3.8, 4) is 6.01 Å². The van der Waals surface area contributed by atoms with Crippen molar-refractivity contribution in [2.24, 2.45) is 5.16 Å². The minimum Gasteiger partial charge on any atom is -0.446 e. The van der Waals surface area contributed by atoms with Crippen molar-refractivity contribution in [2.75, 3.05) is 13.1 Å². The van der Waals surface area contributed by atoms with Gasteiger partial charge in [-0.2, -0.15) is 4.98 Å². The second kappa shape index (κ2) is 8.68. The Bertz CT molecular complexity index is 1070. The van der Waals surface area contributed by atoms with Gasteiger partial charge in [0.05, 0.1) is 5.71 Å². The molecule has 1 amide bonds. The van der Waals surface area contributed by atoms with Crippen LogP contribution in [0.1, 0.15) is 51.0 Å². The highest BCUT2D eigenvalue weighted by Crippen LogP contribution is 2.22. The van der Waals surface area contributed by atoms with E-state index in [9.17, 15) is 14.4 Å². The van der Waals surface area contributed by atoms with E-state index in [2.05, 4.69) is 15.1 Å². The number of aryl methyl sites for hydroxylation is 1. The van der Waals surface area contributed by atoms with E-state index in [4.69, 9.17) is 14.0 Å². The van der Waals surface area contributed by atoms with Gasteiger partial charge in [-0.3, -0.25) is 9.78 Å². The quantitative estimate of drug-likeness (QED) is 0.758. The fourth-order valence-electron chi connectivity index (χ4n) is 3.82. The van der Waals surface area contributed by atoms with Crippen molar-refractivity contribution in [3.05, 3.63) is 32.4 Å². The first-order chi connectivity index (χ1) is 14.5. The normalized spacial score (nSPS) is 17.4. The molecule has 160 valence electrons. The van der Waals surface area contributed by atoms with Gasteiger partial charge in [-0.15, -0.1) is 0 Å². The van der Waals surface area contributed by atoms with Gasteiger partial charge in [0.25, 0.3) is 5.56 Å². The number of ether oxygens (including phenoxy) is 1. The Morgan fingerprint density at radius 2 is 2.03 bits per heavy atom. The Hall–Kier alpha value is -3.17. The molecule has 1 saturated heterocycles. The lowest BCUT2D eigenvalue weighted by molar-refractivity contribution is 0.0650. The maximum Gasteiger partial charge on any atom is 0.410 e. The molecule has 2 aromatic heterocycles. The Labute approximate surface area is 171 Å². The van der Waals surface area contributed by atoms with Gasteiger partial charge in [0, 0.05) is 32.0 Å². The van der Waals surface area contributed by atoms with Crippen molar-refractivity contribution < 1.29 is 18.8 Å². The molecule has 0 aromatic carbocycles. The number of nitrogens with one attached hydrogen (secondary N) is 1. The molecule has 3 heterocycles. The lowest BCUT2D eigenvalue weighted by Gasteiger charge is -2.27. The first-order valence-corrected chi connectivity index (χ1v) is 10.3. The minimum absolute atomic E-state index is 0.0416. The molecule has 1 saturated carbocycles. The van der Waals surface area contributed by atoms with Gasteiger partial charge < -0.3 is 18.9 Å². The summed E-state index contributed by atoms with van der Waals surface area (Å²) in [5.41, 5.74) is 0.186. The molecule has 1 aliphatic heterocycles. The van der Waals surface area contributed by atoms with Gasteiger partial charge in [0.15, 0.2) is 0 Å². The van der Waals surface area contributed by atoms with E-state index in [1.807, 2.05) is 6.92 Å². The van der Waals surface area contributed by atoms with Crippen molar-refractivity contribution in [1.29, 1.82) is 0 Å². The standard InChI is InChI=1S/C20H24N4O6/c1-2-12-11-15(25)29-18-16(12)17(26)21-19(22-18)30-23-13-7-9-24(10-8-13)20(27)28-14-5-3-4-6-14/h11,14H,2-10H2,1H3,(H,21,22,26). The summed E-state index contributed by atoms with van der Waals surface area (Å²) in [6.07, 6.45) is 5.44. The third-order valence-electron chi connectivity index (χ3n) is 5.49. The average Bonchev–Trinajstić information content (AvgIpc) is 3.24. The number of oxime groups is 1. The number of hydrogen-bond donors (Lipinski definition) is 1. The first-order valence-electron chi connectivity index (χ1n) is 10.3. The lowest BCUT2D eigenvalue weighted by Crippen LogP contribution is -2.40. The van der Waals surface area contributed by atoms with Gasteiger partial charge in [-0.05, 0) is 37.7 Å². The third-order valence-corrected chi connectivity index (χ3v) is 5.49. The first kappa shape index (κ1) is 20.1. The van der Waals surface area contributed by atoms with Crippen LogP contribution in [0.4, 0.5) is 4.79 Å². The summed E-state index contributed by atoms with van der Waals surface area (Å²) in [5, 5.41) is 4.28. The van der Waals surface area contributed by atoms with Crippen LogP contribution < -0.4 is 16.0 Å². The van der Waals surface area contributed by atoms with E-state index in [0.717, 1.165) is 31.4 Å². The summed E-state index contributed by atoms with van der Waals surface area (Å²) in [5.74, 6) is 0. The van der Waals surface area contributed by atoms with Crippen molar-refractivity contribution >= 4 is 22.9 Å². The smallest absolute Gasteiger partial charge is 0.410 e. The van der Waals surface area contributed by atoms with Crippen LogP contribution >= 0.6 is 0 Å². The number of H-pyrrole nitrogens is 1. The second-order valence-corrected chi connectivity index (χ2v) is 7.52. The molecule has 0 atom stereocenters. The van der Waals surface area contributed by atoms with Crippen LogP contribution in [0.2, 0.25) is 0 Å². The molecule has 0 radical (unpaired) electrons. The van der Waals surface area contributed by atoms with Crippen LogP contribution in [-0.2, 0) is 11.2 Å². The zero-order valence-corrected chi connectivity index (χ0v) is 16.8. The number of nitrogens with zero attached hydrogens (tertiary/aromatic N) is 3. The summed E-state index contributed by atoms with van der Waals surface area (Å²) in [4.78, 5) is 49.8. The summed E-state index contributed by atoms with van der Waals surface area (Å²) in [7, 11) is 0. The maximum absolute atomic E-state index is 12.4. The molecule has 0 spiro atoms. The number of likely N-dealkylation sites (tertiary alicyclic amines) is 1. The number of carbonyl (C=O) groups excluding carboxylic acids is 1. The monoisotopic (exact) mass is 416 g/mol. The third kappa shape index (κ3) is 4.37.